The molecule has 0 fully saturated rings. The van der Waals surface area contributed by atoms with Crippen LogP contribution in [0.3, 0.4) is 0 Å². The van der Waals surface area contributed by atoms with Gasteiger partial charge in [0.2, 0.25) is 15.9 Å². The van der Waals surface area contributed by atoms with Gasteiger partial charge in [-0.2, -0.15) is 0 Å². The number of methoxy groups -OCH3 is 1. The van der Waals surface area contributed by atoms with Crippen LogP contribution in [-0.2, 0) is 21.4 Å². The van der Waals surface area contributed by atoms with Gasteiger partial charge in [0.15, 0.2) is 0 Å². The maximum atomic E-state index is 12.9. The fourth-order valence-electron chi connectivity index (χ4n) is 2.48. The number of carbonyl (C=O) groups excluding carboxylic acids is 1. The molecule has 140 valence electrons. The zero-order chi connectivity index (χ0) is 19.3. The van der Waals surface area contributed by atoms with Gasteiger partial charge in [0.1, 0.15) is 17.6 Å². The number of carbonyl (C=O) groups is 1. The van der Waals surface area contributed by atoms with E-state index in [1.807, 2.05) is 0 Å². The number of anilines is 1. The first kappa shape index (κ1) is 19.7. The van der Waals surface area contributed by atoms with E-state index in [0.717, 1.165) is 10.6 Å². The second-order valence-corrected chi connectivity index (χ2v) is 7.64. The Hall–Kier alpha value is -2.61. The van der Waals surface area contributed by atoms with Gasteiger partial charge in [-0.15, -0.1) is 0 Å². The monoisotopic (exact) mass is 380 g/mol. The molecule has 0 aromatic heterocycles. The van der Waals surface area contributed by atoms with Gasteiger partial charge in [-0.1, -0.05) is 12.1 Å². The maximum absolute atomic E-state index is 12.9. The van der Waals surface area contributed by atoms with Gasteiger partial charge < -0.3 is 10.1 Å². The lowest BCUT2D eigenvalue weighted by atomic mass is 10.2. The molecule has 2 rings (SSSR count). The maximum Gasteiger partial charge on any atom is 0.243 e. The highest BCUT2D eigenvalue weighted by atomic mass is 32.2. The lowest BCUT2D eigenvalue weighted by Crippen LogP contribution is -2.47. The minimum atomic E-state index is -3.69. The van der Waals surface area contributed by atoms with Crippen LogP contribution < -0.4 is 14.4 Å². The second kappa shape index (κ2) is 8.18. The van der Waals surface area contributed by atoms with Crippen molar-refractivity contribution < 1.29 is 22.3 Å². The third kappa shape index (κ3) is 4.95. The van der Waals surface area contributed by atoms with Gasteiger partial charge in [-0.3, -0.25) is 9.10 Å². The molecule has 2 aromatic carbocycles. The van der Waals surface area contributed by atoms with Crippen LogP contribution in [0.25, 0.3) is 0 Å². The molecular weight excluding hydrogens is 359 g/mol. The summed E-state index contributed by atoms with van der Waals surface area (Å²) >= 11 is 0. The van der Waals surface area contributed by atoms with Gasteiger partial charge in [0.25, 0.3) is 0 Å². The van der Waals surface area contributed by atoms with Gasteiger partial charge in [0, 0.05) is 6.54 Å². The highest BCUT2D eigenvalue weighted by Crippen LogP contribution is 2.23. The highest BCUT2D eigenvalue weighted by Gasteiger charge is 2.28. The summed E-state index contributed by atoms with van der Waals surface area (Å²) in [5.74, 6) is -0.248. The van der Waals surface area contributed by atoms with E-state index in [9.17, 15) is 17.6 Å². The van der Waals surface area contributed by atoms with Crippen molar-refractivity contribution in [2.45, 2.75) is 19.5 Å². The fraction of sp³-hybridized carbons (Fsp3) is 0.278. The number of ether oxygens (including phenoxy) is 1. The van der Waals surface area contributed by atoms with Crippen molar-refractivity contribution in [3.63, 3.8) is 0 Å². The number of halogens is 1. The smallest absolute Gasteiger partial charge is 0.243 e. The average molecular weight is 380 g/mol. The van der Waals surface area contributed by atoms with Crippen molar-refractivity contribution in [1.29, 1.82) is 0 Å². The summed E-state index contributed by atoms with van der Waals surface area (Å²) in [6.45, 7) is 1.68. The molecule has 8 heteroatoms. The van der Waals surface area contributed by atoms with Crippen LogP contribution in [0.2, 0.25) is 0 Å². The molecule has 0 aliphatic rings. The van der Waals surface area contributed by atoms with E-state index in [4.69, 9.17) is 4.74 Å². The number of hydrogen-bond donors (Lipinski definition) is 1. The normalized spacial score (nSPS) is 12.3. The molecule has 2 aromatic rings. The van der Waals surface area contributed by atoms with Crippen molar-refractivity contribution >= 4 is 21.6 Å². The SMILES string of the molecule is COc1ccc(N([C@@H](C)C(=O)NCc2ccc(F)cc2)S(C)(=O)=O)cc1. The third-order valence-electron chi connectivity index (χ3n) is 3.80. The lowest BCUT2D eigenvalue weighted by molar-refractivity contribution is -0.122. The van der Waals surface area contributed by atoms with E-state index in [1.54, 1.807) is 36.4 Å². The molecule has 0 aliphatic carbocycles. The Labute approximate surface area is 152 Å². The lowest BCUT2D eigenvalue weighted by Gasteiger charge is -2.28. The standard InChI is InChI=1S/C18H21FN2O4S/c1-13(18(22)20-12-14-4-6-15(19)7-5-14)21(26(3,23)24)16-8-10-17(25-2)11-9-16/h4-11,13H,12H2,1-3H3,(H,20,22)/t13-/m0/s1. The molecule has 0 bridgehead atoms. The van der Waals surface area contributed by atoms with Crippen LogP contribution in [0, 0.1) is 5.82 Å². The Morgan fingerprint density at radius 1 is 1.15 bits per heavy atom. The van der Waals surface area contributed by atoms with E-state index >= 15 is 0 Å². The van der Waals surface area contributed by atoms with Crippen molar-refractivity contribution in [3.05, 3.63) is 59.9 Å². The van der Waals surface area contributed by atoms with Crippen molar-refractivity contribution in [2.24, 2.45) is 0 Å². The van der Waals surface area contributed by atoms with Gasteiger partial charge in [0.05, 0.1) is 19.1 Å². The summed E-state index contributed by atoms with van der Waals surface area (Å²) in [7, 11) is -2.18. The number of rotatable bonds is 7. The van der Waals surface area contributed by atoms with Crippen molar-refractivity contribution in [3.8, 4) is 5.75 Å². The number of benzene rings is 2. The number of nitrogens with one attached hydrogen (secondary N) is 1. The quantitative estimate of drug-likeness (QED) is 0.800. The molecule has 0 saturated carbocycles. The first-order valence-electron chi connectivity index (χ1n) is 7.88. The Morgan fingerprint density at radius 3 is 2.23 bits per heavy atom. The van der Waals surface area contributed by atoms with Gasteiger partial charge in [-0.05, 0) is 48.9 Å². The summed E-state index contributed by atoms with van der Waals surface area (Å²) in [6, 6.07) is 11.1. The number of amides is 1. The molecule has 1 N–H and O–H groups in total. The fourth-order valence-corrected chi connectivity index (χ4v) is 3.65. The van der Waals surface area contributed by atoms with Crippen molar-refractivity contribution in [2.75, 3.05) is 17.7 Å². The Balaban J connectivity index is 2.16. The average Bonchev–Trinajstić information content (AvgIpc) is 2.60. The summed E-state index contributed by atoms with van der Waals surface area (Å²) in [5.41, 5.74) is 1.07. The molecule has 0 heterocycles. The van der Waals surface area contributed by atoms with Crippen LogP contribution in [0.1, 0.15) is 12.5 Å². The summed E-state index contributed by atoms with van der Waals surface area (Å²) < 4.78 is 43.5. The minimum Gasteiger partial charge on any atom is -0.497 e. The van der Waals surface area contributed by atoms with Gasteiger partial charge in [-0.25, -0.2) is 12.8 Å². The number of nitrogens with zero attached hydrogens (tertiary/aromatic N) is 1. The third-order valence-corrected chi connectivity index (χ3v) is 5.04. The molecule has 1 atom stereocenters. The Bertz CT molecular complexity index is 852. The minimum absolute atomic E-state index is 0.170. The van der Waals surface area contributed by atoms with Crippen LogP contribution in [0.4, 0.5) is 10.1 Å². The predicted octanol–water partition coefficient (Wildman–Crippen LogP) is 2.31. The van der Waals surface area contributed by atoms with Crippen LogP contribution >= 0.6 is 0 Å². The topological polar surface area (TPSA) is 75.7 Å². The number of sulfonamides is 1. The first-order chi connectivity index (χ1) is 12.2. The first-order valence-corrected chi connectivity index (χ1v) is 9.73. The van der Waals surface area contributed by atoms with E-state index in [0.29, 0.717) is 17.0 Å². The number of hydrogen-bond acceptors (Lipinski definition) is 4. The van der Waals surface area contributed by atoms with E-state index in [-0.39, 0.29) is 12.4 Å². The highest BCUT2D eigenvalue weighted by molar-refractivity contribution is 7.92. The van der Waals surface area contributed by atoms with E-state index in [2.05, 4.69) is 5.32 Å². The summed E-state index contributed by atoms with van der Waals surface area (Å²) in [6.07, 6.45) is 1.04. The summed E-state index contributed by atoms with van der Waals surface area (Å²) in [5, 5.41) is 2.67. The van der Waals surface area contributed by atoms with E-state index in [1.165, 1.54) is 26.2 Å². The molecule has 0 spiro atoms. The molecule has 0 saturated heterocycles. The molecule has 0 aliphatic heterocycles. The van der Waals surface area contributed by atoms with Crippen LogP contribution in [0.15, 0.2) is 48.5 Å². The Morgan fingerprint density at radius 2 is 1.73 bits per heavy atom. The van der Waals surface area contributed by atoms with Crippen LogP contribution in [0.5, 0.6) is 5.75 Å². The molecule has 0 unspecified atom stereocenters. The Kier molecular flexibility index (Phi) is 6.20. The molecule has 1 amide bonds. The molecule has 0 radical (unpaired) electrons. The van der Waals surface area contributed by atoms with Crippen LogP contribution in [-0.4, -0.2) is 33.7 Å². The second-order valence-electron chi connectivity index (χ2n) is 5.78. The summed E-state index contributed by atoms with van der Waals surface area (Å²) in [4.78, 5) is 12.5. The predicted molar refractivity (Wildman–Crippen MR) is 98.0 cm³/mol. The molecule has 6 nitrogen and oxygen atoms in total. The van der Waals surface area contributed by atoms with Crippen molar-refractivity contribution in [1.82, 2.24) is 5.32 Å². The van der Waals surface area contributed by atoms with E-state index < -0.39 is 22.0 Å². The zero-order valence-corrected chi connectivity index (χ0v) is 15.6. The largest absolute Gasteiger partial charge is 0.497 e. The molecular formula is C18H21FN2O4S. The molecule has 26 heavy (non-hydrogen) atoms. The zero-order valence-electron chi connectivity index (χ0n) is 14.8. The van der Waals surface area contributed by atoms with Gasteiger partial charge >= 0.3 is 0 Å².